The van der Waals surface area contributed by atoms with Crippen molar-refractivity contribution in [3.8, 4) is 10.6 Å². The smallest absolute Gasteiger partial charge is 0.144 e. The maximum Gasteiger partial charge on any atom is 0.144 e. The van der Waals surface area contributed by atoms with Crippen LogP contribution in [0.5, 0.6) is 0 Å². The monoisotopic (exact) mass is 209 g/mol. The van der Waals surface area contributed by atoms with Gasteiger partial charge in [-0.15, -0.1) is 11.3 Å². The molecule has 0 amide bonds. The lowest BCUT2D eigenvalue weighted by Crippen LogP contribution is -1.95. The Hall–Kier alpha value is -1.20. The van der Waals surface area contributed by atoms with Crippen molar-refractivity contribution in [2.24, 2.45) is 5.73 Å². The number of nitrogens with two attached hydrogens (primary N) is 1. The van der Waals surface area contributed by atoms with Gasteiger partial charge in [0, 0.05) is 11.9 Å². The van der Waals surface area contributed by atoms with E-state index in [-0.39, 0.29) is 0 Å². The van der Waals surface area contributed by atoms with Gasteiger partial charge in [0.25, 0.3) is 0 Å². The summed E-state index contributed by atoms with van der Waals surface area (Å²) in [5.41, 5.74) is 8.28. The minimum Gasteiger partial charge on any atom is -0.361 e. The quantitative estimate of drug-likeness (QED) is 0.820. The minimum absolute atomic E-state index is 0.472. The van der Waals surface area contributed by atoms with Crippen LogP contribution in [0.15, 0.2) is 9.90 Å². The first-order valence-corrected chi connectivity index (χ1v) is 5.18. The lowest BCUT2D eigenvalue weighted by Gasteiger charge is -1.92. The van der Waals surface area contributed by atoms with Crippen molar-refractivity contribution in [1.29, 1.82) is 0 Å². The summed E-state index contributed by atoms with van der Waals surface area (Å²) in [6.45, 7) is 4.27. The van der Waals surface area contributed by atoms with Gasteiger partial charge >= 0.3 is 0 Å². The Labute approximate surface area is 85.7 Å². The molecule has 0 bridgehead atoms. The van der Waals surface area contributed by atoms with Gasteiger partial charge in [0.2, 0.25) is 0 Å². The van der Waals surface area contributed by atoms with E-state index >= 15 is 0 Å². The predicted molar refractivity (Wildman–Crippen MR) is 55.0 cm³/mol. The molecule has 2 N–H and O–H groups in total. The van der Waals surface area contributed by atoms with E-state index in [0.29, 0.717) is 6.54 Å². The molecule has 0 unspecified atom stereocenters. The van der Waals surface area contributed by atoms with E-state index in [4.69, 9.17) is 10.3 Å². The number of nitrogens with zero attached hydrogens (tertiary/aromatic N) is 2. The van der Waals surface area contributed by atoms with Crippen LogP contribution in [0.2, 0.25) is 0 Å². The lowest BCUT2D eigenvalue weighted by atomic mass is 10.2. The highest BCUT2D eigenvalue weighted by Crippen LogP contribution is 2.29. The zero-order valence-electron chi connectivity index (χ0n) is 8.07. The summed E-state index contributed by atoms with van der Waals surface area (Å²) in [6.07, 6.45) is 0. The normalized spacial score (nSPS) is 10.8. The standard InChI is InChI=1S/C9H11N3OS/c1-5-8(6(2)13-12-5)9-11-7(3-10)4-14-9/h4H,3,10H2,1-2H3. The molecule has 0 radical (unpaired) electrons. The fourth-order valence-corrected chi connectivity index (χ4v) is 2.28. The number of aryl methyl sites for hydroxylation is 2. The van der Waals surface area contributed by atoms with Gasteiger partial charge in [-0.3, -0.25) is 0 Å². The fraction of sp³-hybridized carbons (Fsp3) is 0.333. The largest absolute Gasteiger partial charge is 0.361 e. The maximum atomic E-state index is 5.50. The summed E-state index contributed by atoms with van der Waals surface area (Å²) in [6, 6.07) is 0. The van der Waals surface area contributed by atoms with Crippen LogP contribution in [-0.4, -0.2) is 10.1 Å². The van der Waals surface area contributed by atoms with Crippen molar-refractivity contribution < 1.29 is 4.52 Å². The Morgan fingerprint density at radius 1 is 1.50 bits per heavy atom. The molecular formula is C9H11N3OS. The first-order valence-electron chi connectivity index (χ1n) is 4.30. The average Bonchev–Trinajstić information content (AvgIpc) is 2.73. The van der Waals surface area contributed by atoms with Crippen LogP contribution >= 0.6 is 11.3 Å². The van der Waals surface area contributed by atoms with E-state index in [0.717, 1.165) is 27.7 Å². The summed E-state index contributed by atoms with van der Waals surface area (Å²) in [4.78, 5) is 4.39. The molecule has 0 spiro atoms. The van der Waals surface area contributed by atoms with Crippen LogP contribution in [0.3, 0.4) is 0 Å². The Balaban J connectivity index is 2.48. The molecule has 0 fully saturated rings. The third-order valence-electron chi connectivity index (χ3n) is 2.01. The molecule has 5 heteroatoms. The van der Waals surface area contributed by atoms with Crippen LogP contribution < -0.4 is 5.73 Å². The Bertz CT molecular complexity index is 427. The molecule has 0 aliphatic rings. The molecule has 0 saturated carbocycles. The van der Waals surface area contributed by atoms with E-state index in [9.17, 15) is 0 Å². The van der Waals surface area contributed by atoms with Crippen molar-refractivity contribution in [3.05, 3.63) is 22.5 Å². The Morgan fingerprint density at radius 2 is 2.29 bits per heavy atom. The first kappa shape index (κ1) is 9.36. The molecule has 0 aliphatic carbocycles. The van der Waals surface area contributed by atoms with Gasteiger partial charge in [0.15, 0.2) is 0 Å². The van der Waals surface area contributed by atoms with Gasteiger partial charge in [0.05, 0.1) is 17.0 Å². The molecule has 2 aromatic heterocycles. The van der Waals surface area contributed by atoms with E-state index < -0.39 is 0 Å². The molecule has 0 saturated heterocycles. The highest BCUT2D eigenvalue weighted by molar-refractivity contribution is 7.13. The fourth-order valence-electron chi connectivity index (χ4n) is 1.30. The highest BCUT2D eigenvalue weighted by atomic mass is 32.1. The van der Waals surface area contributed by atoms with Crippen molar-refractivity contribution in [1.82, 2.24) is 10.1 Å². The van der Waals surface area contributed by atoms with Gasteiger partial charge in [-0.05, 0) is 13.8 Å². The molecule has 0 aromatic carbocycles. The van der Waals surface area contributed by atoms with Crippen molar-refractivity contribution in [2.45, 2.75) is 20.4 Å². The number of hydrogen-bond donors (Lipinski definition) is 1. The second kappa shape index (κ2) is 3.51. The number of thiazole rings is 1. The van der Waals surface area contributed by atoms with E-state index in [1.165, 1.54) is 0 Å². The average molecular weight is 209 g/mol. The zero-order valence-corrected chi connectivity index (χ0v) is 8.89. The van der Waals surface area contributed by atoms with Crippen molar-refractivity contribution >= 4 is 11.3 Å². The number of hydrogen-bond acceptors (Lipinski definition) is 5. The van der Waals surface area contributed by atoms with E-state index in [2.05, 4.69) is 10.1 Å². The number of aromatic nitrogens is 2. The summed E-state index contributed by atoms with van der Waals surface area (Å²) in [5.74, 6) is 0.806. The van der Waals surface area contributed by atoms with Crippen LogP contribution in [0, 0.1) is 13.8 Å². The third kappa shape index (κ3) is 1.44. The van der Waals surface area contributed by atoms with Gasteiger partial charge < -0.3 is 10.3 Å². The summed E-state index contributed by atoms with van der Waals surface area (Å²) < 4.78 is 5.08. The molecule has 2 aromatic rings. The Morgan fingerprint density at radius 3 is 2.79 bits per heavy atom. The van der Waals surface area contributed by atoms with E-state index in [1.807, 2.05) is 19.2 Å². The SMILES string of the molecule is Cc1noc(C)c1-c1nc(CN)cs1. The predicted octanol–water partition coefficient (Wildman–Crippen LogP) is 1.87. The van der Waals surface area contributed by atoms with Gasteiger partial charge in [-0.25, -0.2) is 4.98 Å². The molecule has 2 rings (SSSR count). The lowest BCUT2D eigenvalue weighted by molar-refractivity contribution is 0.393. The minimum atomic E-state index is 0.472. The van der Waals surface area contributed by atoms with Crippen molar-refractivity contribution in [3.63, 3.8) is 0 Å². The van der Waals surface area contributed by atoms with E-state index in [1.54, 1.807) is 11.3 Å². The molecule has 2 heterocycles. The van der Waals surface area contributed by atoms with Gasteiger partial charge in [-0.2, -0.15) is 0 Å². The molecule has 4 nitrogen and oxygen atoms in total. The second-order valence-electron chi connectivity index (χ2n) is 3.05. The van der Waals surface area contributed by atoms with Gasteiger partial charge in [-0.1, -0.05) is 5.16 Å². The third-order valence-corrected chi connectivity index (χ3v) is 2.92. The Kier molecular flexibility index (Phi) is 2.35. The maximum absolute atomic E-state index is 5.50. The summed E-state index contributed by atoms with van der Waals surface area (Å²) in [7, 11) is 0. The van der Waals surface area contributed by atoms with Crippen LogP contribution in [0.1, 0.15) is 17.1 Å². The first-order chi connectivity index (χ1) is 6.72. The summed E-state index contributed by atoms with van der Waals surface area (Å²) >= 11 is 1.57. The zero-order chi connectivity index (χ0) is 10.1. The molecular weight excluding hydrogens is 198 g/mol. The molecule has 0 aliphatic heterocycles. The molecule has 0 atom stereocenters. The number of rotatable bonds is 2. The molecule has 14 heavy (non-hydrogen) atoms. The van der Waals surface area contributed by atoms with Crippen LogP contribution in [0.4, 0.5) is 0 Å². The second-order valence-corrected chi connectivity index (χ2v) is 3.91. The van der Waals surface area contributed by atoms with Crippen LogP contribution in [0.25, 0.3) is 10.6 Å². The molecule has 74 valence electrons. The van der Waals surface area contributed by atoms with Crippen molar-refractivity contribution in [2.75, 3.05) is 0 Å². The highest BCUT2D eigenvalue weighted by Gasteiger charge is 2.14. The topological polar surface area (TPSA) is 64.9 Å². The summed E-state index contributed by atoms with van der Waals surface area (Å²) in [5, 5.41) is 6.78. The van der Waals surface area contributed by atoms with Gasteiger partial charge in [0.1, 0.15) is 10.8 Å². The van der Waals surface area contributed by atoms with Crippen LogP contribution in [-0.2, 0) is 6.54 Å².